The number of alkyl halides is 1. The first-order chi connectivity index (χ1) is 23.4. The molecule has 0 aromatic heterocycles. The molecule has 13 heteroatoms. The summed E-state index contributed by atoms with van der Waals surface area (Å²) < 4.78 is 28.8. The highest BCUT2D eigenvalue weighted by molar-refractivity contribution is 7.99. The number of nitrogens with one attached hydrogen (secondary N) is 1. The van der Waals surface area contributed by atoms with E-state index in [1.807, 2.05) is 30.1 Å². The summed E-state index contributed by atoms with van der Waals surface area (Å²) in [5.74, 6) is 2.80. The molecule has 3 aliphatic heterocycles. The van der Waals surface area contributed by atoms with Crippen LogP contribution in [0.1, 0.15) is 91.0 Å². The van der Waals surface area contributed by atoms with Crippen molar-refractivity contribution in [2.24, 2.45) is 5.92 Å². The lowest BCUT2D eigenvalue weighted by atomic mass is 9.92. The molecular weight excluding hydrogens is 688 g/mol. The fraction of sp³-hybridized carbons (Fsp3) is 0.806. The van der Waals surface area contributed by atoms with Gasteiger partial charge in [-0.05, 0) is 69.5 Å². The van der Waals surface area contributed by atoms with E-state index in [9.17, 15) is 24.3 Å². The van der Waals surface area contributed by atoms with Crippen LogP contribution in [0.25, 0.3) is 0 Å². The molecule has 0 radical (unpaired) electrons. The summed E-state index contributed by atoms with van der Waals surface area (Å²) in [7, 11) is 1.20. The van der Waals surface area contributed by atoms with Crippen LogP contribution in [-0.4, -0.2) is 115 Å². The van der Waals surface area contributed by atoms with Crippen LogP contribution in [-0.2, 0) is 26.8 Å². The van der Waals surface area contributed by atoms with Gasteiger partial charge in [-0.15, -0.1) is 23.4 Å². The lowest BCUT2D eigenvalue weighted by Gasteiger charge is -2.44. The number of aliphatic hydroxyl groups is 3. The van der Waals surface area contributed by atoms with Crippen molar-refractivity contribution in [3.8, 4) is 11.5 Å². The van der Waals surface area contributed by atoms with E-state index in [1.165, 1.54) is 49.4 Å². The molecule has 4 N–H and O–H groups in total. The minimum atomic E-state index is -1.36. The van der Waals surface area contributed by atoms with Crippen molar-refractivity contribution in [2.75, 3.05) is 32.4 Å². The number of likely N-dealkylation sites (N-methyl/N-ethyl adjacent to an activating group) is 1. The predicted molar refractivity (Wildman–Crippen MR) is 199 cm³/mol. The Labute approximate surface area is 305 Å². The molecule has 4 rings (SSSR count). The van der Waals surface area contributed by atoms with Crippen LogP contribution in [0.15, 0.2) is 18.2 Å². The highest BCUT2D eigenvalue weighted by atomic mass is 35.5. The molecule has 0 spiro atoms. The van der Waals surface area contributed by atoms with Crippen LogP contribution in [0.2, 0.25) is 0 Å². The number of halogens is 1. The molecule has 1 amide bonds. The summed E-state index contributed by atoms with van der Waals surface area (Å²) in [5.41, 5.74) is 0.472. The Morgan fingerprint density at radius 3 is 2.41 bits per heavy atom. The summed E-state index contributed by atoms with van der Waals surface area (Å²) in [4.78, 5) is 14.9. The van der Waals surface area contributed by atoms with Crippen molar-refractivity contribution in [2.45, 2.75) is 144 Å². The van der Waals surface area contributed by atoms with E-state index in [4.69, 9.17) is 25.8 Å². The zero-order valence-corrected chi connectivity index (χ0v) is 32.6. The third-order valence-electron chi connectivity index (χ3n) is 9.74. The number of likely N-dealkylation sites (tertiary alicyclic amines) is 1. The van der Waals surface area contributed by atoms with E-state index in [2.05, 4.69) is 26.1 Å². The SMILES string of the molecule is CCCCCCCCS(=O)C(C)Cc1ccc2c(c1)OCO2.CCC[C@@H]1C[C@@H](C(=O)N[C@@H]([C@H]2O[C@H](SC)[C@H](O)[C@@H](O)[C@H]2O)[C@H](C)Cl)N(C)C1. The number of amides is 1. The molecule has 2 saturated heterocycles. The summed E-state index contributed by atoms with van der Waals surface area (Å²) in [6.45, 7) is 9.35. The molecule has 10 nitrogen and oxygen atoms in total. The molecule has 1 aromatic carbocycles. The van der Waals surface area contributed by atoms with Gasteiger partial charge in [-0.2, -0.15) is 0 Å². The Morgan fingerprint density at radius 1 is 1.04 bits per heavy atom. The maximum absolute atomic E-state index is 12.9. The van der Waals surface area contributed by atoms with Crippen molar-refractivity contribution in [1.29, 1.82) is 0 Å². The van der Waals surface area contributed by atoms with E-state index >= 15 is 0 Å². The smallest absolute Gasteiger partial charge is 0.237 e. The zero-order valence-electron chi connectivity index (χ0n) is 30.2. The summed E-state index contributed by atoms with van der Waals surface area (Å²) >= 11 is 7.55. The third kappa shape index (κ3) is 12.5. The molecule has 2 unspecified atom stereocenters. The monoisotopic (exact) mass is 748 g/mol. The van der Waals surface area contributed by atoms with Crippen molar-refractivity contribution >= 4 is 40.1 Å². The number of benzene rings is 1. The van der Waals surface area contributed by atoms with Crippen molar-refractivity contribution in [1.82, 2.24) is 10.2 Å². The van der Waals surface area contributed by atoms with Crippen LogP contribution in [0.4, 0.5) is 0 Å². The van der Waals surface area contributed by atoms with E-state index < -0.39 is 52.1 Å². The fourth-order valence-electron chi connectivity index (χ4n) is 6.83. The molecule has 282 valence electrons. The summed E-state index contributed by atoms with van der Waals surface area (Å²) in [6.07, 6.45) is 8.22. The number of carbonyl (C=O) groups excluding carboxylic acids is 1. The molecular formula is C36H61ClN2O8S2. The van der Waals surface area contributed by atoms with Crippen molar-refractivity contribution in [3.05, 3.63) is 23.8 Å². The van der Waals surface area contributed by atoms with E-state index in [0.29, 0.717) is 12.7 Å². The number of aliphatic hydroxyl groups excluding tert-OH is 3. The van der Waals surface area contributed by atoms with Gasteiger partial charge in [-0.1, -0.05) is 65.4 Å². The van der Waals surface area contributed by atoms with Gasteiger partial charge in [0.1, 0.15) is 29.9 Å². The van der Waals surface area contributed by atoms with Crippen LogP contribution in [0.3, 0.4) is 0 Å². The molecule has 1 aromatic rings. The van der Waals surface area contributed by atoms with Gasteiger partial charge in [0.15, 0.2) is 11.5 Å². The van der Waals surface area contributed by atoms with Gasteiger partial charge >= 0.3 is 0 Å². The number of thioether (sulfide) groups is 1. The average molecular weight is 749 g/mol. The third-order valence-corrected chi connectivity index (χ3v) is 12.6. The lowest BCUT2D eigenvalue weighted by Crippen LogP contribution is -2.65. The van der Waals surface area contributed by atoms with Gasteiger partial charge in [0, 0.05) is 28.3 Å². The molecule has 3 heterocycles. The summed E-state index contributed by atoms with van der Waals surface area (Å²) in [5, 5.41) is 33.2. The topological polar surface area (TPSA) is 138 Å². The first-order valence-corrected chi connectivity index (χ1v) is 21.1. The highest BCUT2D eigenvalue weighted by Gasteiger charge is 2.48. The molecule has 3 aliphatic rings. The van der Waals surface area contributed by atoms with Crippen LogP contribution in [0, 0.1) is 5.92 Å². The fourth-order valence-corrected chi connectivity index (χ4v) is 8.99. The number of rotatable bonds is 17. The molecule has 0 saturated carbocycles. The second-order valence-corrected chi connectivity index (χ2v) is 17.4. The second-order valence-electron chi connectivity index (χ2n) is 13.8. The lowest BCUT2D eigenvalue weighted by molar-refractivity contribution is -0.205. The molecule has 11 atom stereocenters. The van der Waals surface area contributed by atoms with E-state index in [-0.39, 0.29) is 17.2 Å². The Kier molecular flexibility index (Phi) is 18.5. The quantitative estimate of drug-likeness (QED) is 0.129. The number of fused-ring (bicyclic) bond motifs is 1. The van der Waals surface area contributed by atoms with Crippen molar-refractivity contribution < 1.29 is 38.5 Å². The van der Waals surface area contributed by atoms with Crippen LogP contribution in [0.5, 0.6) is 11.5 Å². The highest BCUT2D eigenvalue weighted by Crippen LogP contribution is 2.33. The van der Waals surface area contributed by atoms with Crippen LogP contribution >= 0.6 is 23.4 Å². The Balaban J connectivity index is 0.000000271. The Morgan fingerprint density at radius 2 is 1.73 bits per heavy atom. The number of ether oxygens (including phenoxy) is 3. The van der Waals surface area contributed by atoms with Gasteiger partial charge in [0.25, 0.3) is 0 Å². The minimum Gasteiger partial charge on any atom is -0.454 e. The largest absolute Gasteiger partial charge is 0.454 e. The molecule has 49 heavy (non-hydrogen) atoms. The molecule has 0 aliphatic carbocycles. The summed E-state index contributed by atoms with van der Waals surface area (Å²) in [6, 6.07) is 5.07. The van der Waals surface area contributed by atoms with Gasteiger partial charge in [0.05, 0.1) is 17.5 Å². The Bertz CT molecular complexity index is 1160. The zero-order chi connectivity index (χ0) is 36.1. The number of nitrogens with zero attached hydrogens (tertiary/aromatic N) is 1. The van der Waals surface area contributed by atoms with Gasteiger partial charge in [-0.25, -0.2) is 0 Å². The number of carbonyl (C=O) groups is 1. The first-order valence-electron chi connectivity index (χ1n) is 18.0. The van der Waals surface area contributed by atoms with Crippen molar-refractivity contribution in [3.63, 3.8) is 0 Å². The number of unbranched alkanes of at least 4 members (excludes halogenated alkanes) is 5. The normalized spacial score (nSPS) is 29.1. The average Bonchev–Trinajstić information content (AvgIpc) is 3.70. The maximum Gasteiger partial charge on any atom is 0.237 e. The Hall–Kier alpha value is -1.12. The molecule has 2 fully saturated rings. The van der Waals surface area contributed by atoms with Gasteiger partial charge < -0.3 is 34.8 Å². The van der Waals surface area contributed by atoms with Crippen LogP contribution < -0.4 is 14.8 Å². The van der Waals surface area contributed by atoms with E-state index in [0.717, 1.165) is 55.9 Å². The number of hydrogen-bond acceptors (Lipinski definition) is 10. The minimum absolute atomic E-state index is 0.147. The first kappa shape index (κ1) is 42.3. The predicted octanol–water partition coefficient (Wildman–Crippen LogP) is 4.85. The molecule has 0 bridgehead atoms. The van der Waals surface area contributed by atoms with Gasteiger partial charge in [0.2, 0.25) is 12.7 Å². The second kappa shape index (κ2) is 21.4. The van der Waals surface area contributed by atoms with E-state index in [1.54, 1.807) is 13.2 Å². The standard InChI is InChI=1S/C18H33ClN2O5S.C18H28O3S/c1-5-6-10-7-11(21(3)8-10)17(25)20-12(9(2)19)16-14(23)13(22)15(24)18(26-16)27-4;1-3-4-5-6-7-8-11-22(19)15(2)12-16-9-10-17-18(13-16)21-14-20-17/h9-16,18,22-24H,5-8H2,1-4H3,(H,20,25);9-10,13,15H,3-8,11-12,14H2,1-2H3/t9-,10+,11-,12+,13-,14+,15+,16+,18+;/m0./s1. The number of hydrogen-bond donors (Lipinski definition) is 4. The van der Waals surface area contributed by atoms with Gasteiger partial charge in [-0.3, -0.25) is 13.9 Å². The maximum atomic E-state index is 12.9.